The average molecular weight is 516 g/mol. The van der Waals surface area contributed by atoms with E-state index in [9.17, 15) is 13.2 Å². The van der Waals surface area contributed by atoms with Gasteiger partial charge < -0.3 is 18.7 Å². The second-order valence-corrected chi connectivity index (χ2v) is 8.14. The Bertz CT molecular complexity index is 1580. The lowest BCUT2D eigenvalue weighted by Gasteiger charge is -2.08. The minimum absolute atomic E-state index is 0.151. The summed E-state index contributed by atoms with van der Waals surface area (Å²) in [6.07, 6.45) is -4.70. The van der Waals surface area contributed by atoms with Gasteiger partial charge in [0.1, 0.15) is 22.5 Å². The number of halogens is 4. The van der Waals surface area contributed by atoms with E-state index in [1.165, 1.54) is 4.80 Å². The molecule has 1 aliphatic heterocycles. The Balaban J connectivity index is 1.19. The molecular formula is C23H13ClF3N5O4. The van der Waals surface area contributed by atoms with E-state index in [0.717, 1.165) is 5.56 Å². The number of rotatable bonds is 5. The van der Waals surface area contributed by atoms with Crippen LogP contribution in [-0.4, -0.2) is 31.9 Å². The molecule has 0 N–H and O–H groups in total. The van der Waals surface area contributed by atoms with Gasteiger partial charge in [-0.1, -0.05) is 41.0 Å². The fourth-order valence-electron chi connectivity index (χ4n) is 3.56. The highest BCUT2D eigenvalue weighted by Gasteiger charge is 2.38. The first kappa shape index (κ1) is 22.2. The van der Waals surface area contributed by atoms with Gasteiger partial charge in [0.15, 0.2) is 11.5 Å². The Hall–Kier alpha value is -4.32. The molecule has 0 fully saturated rings. The molecule has 5 aromatic rings. The van der Waals surface area contributed by atoms with Crippen molar-refractivity contribution >= 4 is 22.6 Å². The van der Waals surface area contributed by atoms with Crippen LogP contribution in [0.1, 0.15) is 11.5 Å². The third kappa shape index (κ3) is 4.26. The van der Waals surface area contributed by atoms with Crippen molar-refractivity contribution in [3.63, 3.8) is 0 Å². The quantitative estimate of drug-likeness (QED) is 0.293. The van der Waals surface area contributed by atoms with E-state index in [2.05, 4.69) is 24.9 Å². The SMILES string of the molecule is FC(F)(F)c1nc(-c2ccc(Cn3nc4cc(Cl)c(Oc5ccc6c(c5)OCO6)cc4n3)cc2)no1. The van der Waals surface area contributed by atoms with Crippen LogP contribution in [0.4, 0.5) is 13.2 Å². The number of hydrogen-bond acceptors (Lipinski definition) is 8. The summed E-state index contributed by atoms with van der Waals surface area (Å²) in [4.78, 5) is 4.87. The summed E-state index contributed by atoms with van der Waals surface area (Å²) in [5.74, 6) is 0.607. The van der Waals surface area contributed by atoms with E-state index >= 15 is 0 Å². The molecule has 2 aromatic heterocycles. The molecule has 0 unspecified atom stereocenters. The van der Waals surface area contributed by atoms with Crippen LogP contribution in [0, 0.1) is 0 Å². The normalized spacial score (nSPS) is 12.9. The molecule has 0 atom stereocenters. The van der Waals surface area contributed by atoms with Crippen molar-refractivity contribution < 1.29 is 31.9 Å². The van der Waals surface area contributed by atoms with Crippen LogP contribution in [0.5, 0.6) is 23.0 Å². The summed E-state index contributed by atoms with van der Waals surface area (Å²) >= 11 is 6.40. The van der Waals surface area contributed by atoms with Crippen molar-refractivity contribution in [2.24, 2.45) is 0 Å². The molecule has 0 saturated heterocycles. The third-order valence-corrected chi connectivity index (χ3v) is 5.55. The van der Waals surface area contributed by atoms with E-state index in [1.54, 1.807) is 54.6 Å². The molecule has 3 aromatic carbocycles. The van der Waals surface area contributed by atoms with Crippen LogP contribution in [-0.2, 0) is 12.7 Å². The molecule has 13 heteroatoms. The smallest absolute Gasteiger partial charge is 0.456 e. The van der Waals surface area contributed by atoms with Gasteiger partial charge in [0.25, 0.3) is 0 Å². The zero-order valence-corrected chi connectivity index (χ0v) is 18.7. The molecule has 182 valence electrons. The highest BCUT2D eigenvalue weighted by molar-refractivity contribution is 6.32. The summed E-state index contributed by atoms with van der Waals surface area (Å²) in [6, 6.07) is 15.2. The van der Waals surface area contributed by atoms with Gasteiger partial charge in [-0.05, 0) is 23.8 Å². The first-order chi connectivity index (χ1) is 17.3. The molecule has 0 spiro atoms. The molecule has 1 aliphatic rings. The molecule has 36 heavy (non-hydrogen) atoms. The maximum Gasteiger partial charge on any atom is 0.471 e. The van der Waals surface area contributed by atoms with E-state index in [-0.39, 0.29) is 12.6 Å². The number of aromatic nitrogens is 5. The lowest BCUT2D eigenvalue weighted by molar-refractivity contribution is -0.159. The summed E-state index contributed by atoms with van der Waals surface area (Å²) in [5, 5.41) is 12.7. The molecule has 6 rings (SSSR count). The predicted molar refractivity (Wildman–Crippen MR) is 119 cm³/mol. The van der Waals surface area contributed by atoms with Crippen LogP contribution >= 0.6 is 11.6 Å². The summed E-state index contributed by atoms with van der Waals surface area (Å²) < 4.78 is 58.9. The van der Waals surface area contributed by atoms with Crippen molar-refractivity contribution in [1.82, 2.24) is 25.1 Å². The number of benzene rings is 3. The first-order valence-electron chi connectivity index (χ1n) is 10.4. The standard InChI is InChI=1S/C23H13ClF3N5O4/c24-15-8-16-17(9-19(15)35-14-5-6-18-20(7-14)34-11-33-18)30-32(29-16)10-12-1-3-13(4-2-12)21-28-22(36-31-21)23(25,26)27/h1-9H,10-11H2. The van der Waals surface area contributed by atoms with Gasteiger partial charge in [-0.2, -0.15) is 33.1 Å². The van der Waals surface area contributed by atoms with Crippen LogP contribution in [0.2, 0.25) is 5.02 Å². The summed E-state index contributed by atoms with van der Waals surface area (Å²) in [5.41, 5.74) is 2.33. The van der Waals surface area contributed by atoms with Crippen molar-refractivity contribution in [1.29, 1.82) is 0 Å². The van der Waals surface area contributed by atoms with Gasteiger partial charge >= 0.3 is 12.1 Å². The van der Waals surface area contributed by atoms with Crippen LogP contribution in [0.3, 0.4) is 0 Å². The largest absolute Gasteiger partial charge is 0.471 e. The molecule has 0 radical (unpaired) electrons. The van der Waals surface area contributed by atoms with E-state index in [0.29, 0.717) is 51.2 Å². The monoisotopic (exact) mass is 515 g/mol. The first-order valence-corrected chi connectivity index (χ1v) is 10.8. The number of hydrogen-bond donors (Lipinski definition) is 0. The minimum atomic E-state index is -4.70. The summed E-state index contributed by atoms with van der Waals surface area (Å²) in [6.45, 7) is 0.471. The second-order valence-electron chi connectivity index (χ2n) is 7.74. The fraction of sp³-hybridized carbons (Fsp3) is 0.130. The fourth-order valence-corrected chi connectivity index (χ4v) is 3.75. The van der Waals surface area contributed by atoms with E-state index in [1.807, 2.05) is 0 Å². The number of nitrogens with zero attached hydrogens (tertiary/aromatic N) is 5. The third-order valence-electron chi connectivity index (χ3n) is 5.25. The number of alkyl halides is 3. The average Bonchev–Trinajstić information content (AvgIpc) is 3.59. The highest BCUT2D eigenvalue weighted by atomic mass is 35.5. The Labute approximate surface area is 204 Å². The second kappa shape index (κ2) is 8.41. The minimum Gasteiger partial charge on any atom is -0.456 e. The van der Waals surface area contributed by atoms with Gasteiger partial charge in [-0.25, -0.2) is 0 Å². The Morgan fingerprint density at radius 1 is 0.944 bits per heavy atom. The number of ether oxygens (including phenoxy) is 3. The molecule has 0 aliphatic carbocycles. The Morgan fingerprint density at radius 2 is 1.69 bits per heavy atom. The van der Waals surface area contributed by atoms with E-state index in [4.69, 9.17) is 25.8 Å². The highest BCUT2D eigenvalue weighted by Crippen LogP contribution is 2.38. The predicted octanol–water partition coefficient (Wildman–Crippen LogP) is 5.72. The lowest BCUT2D eigenvalue weighted by Crippen LogP contribution is -2.05. The molecule has 9 nitrogen and oxygen atoms in total. The van der Waals surface area contributed by atoms with Crippen molar-refractivity contribution in [2.75, 3.05) is 6.79 Å². The van der Waals surface area contributed by atoms with Crippen LogP contribution in [0.25, 0.3) is 22.4 Å². The van der Waals surface area contributed by atoms with Gasteiger partial charge in [-0.15, -0.1) is 0 Å². The van der Waals surface area contributed by atoms with Crippen molar-refractivity contribution in [2.45, 2.75) is 12.7 Å². The van der Waals surface area contributed by atoms with Gasteiger partial charge in [0, 0.05) is 17.7 Å². The van der Waals surface area contributed by atoms with Crippen LogP contribution < -0.4 is 14.2 Å². The van der Waals surface area contributed by atoms with Gasteiger partial charge in [0.2, 0.25) is 12.6 Å². The molecular weight excluding hydrogens is 503 g/mol. The van der Waals surface area contributed by atoms with E-state index < -0.39 is 12.1 Å². The Morgan fingerprint density at radius 3 is 2.44 bits per heavy atom. The zero-order chi connectivity index (χ0) is 24.9. The topological polar surface area (TPSA) is 97.3 Å². The van der Waals surface area contributed by atoms with Crippen LogP contribution in [0.15, 0.2) is 59.1 Å². The Kier molecular flexibility index (Phi) is 5.18. The molecule has 0 amide bonds. The maximum atomic E-state index is 12.7. The van der Waals surface area contributed by atoms with Crippen molar-refractivity contribution in [3.05, 3.63) is 71.1 Å². The lowest BCUT2D eigenvalue weighted by atomic mass is 10.1. The van der Waals surface area contributed by atoms with Gasteiger partial charge in [0.05, 0.1) is 11.6 Å². The maximum absolute atomic E-state index is 12.7. The van der Waals surface area contributed by atoms with Gasteiger partial charge in [-0.3, -0.25) is 0 Å². The molecule has 3 heterocycles. The molecule has 0 saturated carbocycles. The summed E-state index contributed by atoms with van der Waals surface area (Å²) in [7, 11) is 0. The number of fused-ring (bicyclic) bond motifs is 2. The molecule has 0 bridgehead atoms. The van der Waals surface area contributed by atoms with Crippen molar-refractivity contribution in [3.8, 4) is 34.4 Å². The zero-order valence-electron chi connectivity index (χ0n) is 18.0.